The van der Waals surface area contributed by atoms with E-state index in [9.17, 15) is 0 Å². The average molecular weight is 267 g/mol. The molecule has 0 radical (unpaired) electrons. The summed E-state index contributed by atoms with van der Waals surface area (Å²) in [6.07, 6.45) is 6.29. The van der Waals surface area contributed by atoms with Gasteiger partial charge in [-0.3, -0.25) is 0 Å². The van der Waals surface area contributed by atoms with E-state index in [1.807, 2.05) is 18.4 Å². The molecule has 1 aromatic heterocycles. The molecule has 3 heteroatoms. The van der Waals surface area contributed by atoms with Gasteiger partial charge in [0.1, 0.15) is 0 Å². The largest absolute Gasteiger partial charge is 0.376 e. The van der Waals surface area contributed by atoms with Crippen molar-refractivity contribution in [1.29, 1.82) is 0 Å². The summed E-state index contributed by atoms with van der Waals surface area (Å²) >= 11 is 1.84. The van der Waals surface area contributed by atoms with Gasteiger partial charge in [0.05, 0.1) is 11.6 Å². The van der Waals surface area contributed by atoms with Gasteiger partial charge in [0, 0.05) is 12.0 Å². The van der Waals surface area contributed by atoms with Crippen molar-refractivity contribution >= 4 is 11.3 Å². The second-order valence-corrected chi connectivity index (χ2v) is 6.43. The third-order valence-corrected chi connectivity index (χ3v) is 5.00. The van der Waals surface area contributed by atoms with Crippen LogP contribution in [0.3, 0.4) is 0 Å². The number of likely N-dealkylation sites (N-methyl/N-ethyl adjacent to an activating group) is 1. The molecule has 1 atom stereocenters. The number of ether oxygens (including phenoxy) is 1. The van der Waals surface area contributed by atoms with Crippen LogP contribution in [0.1, 0.15) is 55.5 Å². The number of nitrogens with one attached hydrogen (secondary N) is 1. The fraction of sp³-hybridized carbons (Fsp3) is 0.733. The van der Waals surface area contributed by atoms with Crippen LogP contribution in [0.2, 0.25) is 0 Å². The summed E-state index contributed by atoms with van der Waals surface area (Å²) in [4.78, 5) is 1.38. The molecule has 1 aliphatic rings. The summed E-state index contributed by atoms with van der Waals surface area (Å²) in [6.45, 7) is 5.35. The first kappa shape index (κ1) is 14.0. The molecular formula is C15H25NOS. The van der Waals surface area contributed by atoms with Crippen LogP contribution in [-0.2, 0) is 4.74 Å². The van der Waals surface area contributed by atoms with Crippen molar-refractivity contribution in [2.45, 2.75) is 57.6 Å². The van der Waals surface area contributed by atoms with E-state index in [4.69, 9.17) is 4.74 Å². The van der Waals surface area contributed by atoms with E-state index in [-0.39, 0.29) is 5.60 Å². The van der Waals surface area contributed by atoms with E-state index < -0.39 is 0 Å². The van der Waals surface area contributed by atoms with Gasteiger partial charge < -0.3 is 10.1 Å². The van der Waals surface area contributed by atoms with Crippen LogP contribution in [0, 0.1) is 6.92 Å². The third-order valence-electron chi connectivity index (χ3n) is 4.12. The number of aryl methyl sites for hydroxylation is 1. The van der Waals surface area contributed by atoms with Crippen LogP contribution in [0.25, 0.3) is 0 Å². The predicted molar refractivity (Wildman–Crippen MR) is 78.3 cm³/mol. The van der Waals surface area contributed by atoms with Gasteiger partial charge in [-0.15, -0.1) is 11.3 Å². The highest BCUT2D eigenvalue weighted by Crippen LogP contribution is 2.42. The SMILES string of the molecule is CCNC(c1csc(C)c1)C1(OC)CCCCC1. The molecule has 0 saturated heterocycles. The number of methoxy groups -OCH3 is 1. The van der Waals surface area contributed by atoms with Gasteiger partial charge in [-0.1, -0.05) is 26.2 Å². The van der Waals surface area contributed by atoms with Crippen LogP contribution < -0.4 is 5.32 Å². The van der Waals surface area contributed by atoms with Gasteiger partial charge >= 0.3 is 0 Å². The molecule has 1 aromatic rings. The lowest BCUT2D eigenvalue weighted by atomic mass is 9.77. The number of rotatable bonds is 5. The van der Waals surface area contributed by atoms with Crippen LogP contribution in [0.4, 0.5) is 0 Å². The van der Waals surface area contributed by atoms with Gasteiger partial charge in [-0.2, -0.15) is 0 Å². The summed E-state index contributed by atoms with van der Waals surface area (Å²) < 4.78 is 6.00. The molecule has 1 fully saturated rings. The predicted octanol–water partition coefficient (Wildman–Crippen LogP) is 4.06. The van der Waals surface area contributed by atoms with Gasteiger partial charge in [-0.25, -0.2) is 0 Å². The highest BCUT2D eigenvalue weighted by molar-refractivity contribution is 7.10. The standard InChI is InChI=1S/C15H25NOS/c1-4-16-14(13-10-12(2)18-11-13)15(17-3)8-6-5-7-9-15/h10-11,14,16H,4-9H2,1-3H3. The monoisotopic (exact) mass is 267 g/mol. The third kappa shape index (κ3) is 2.79. The average Bonchev–Trinajstić information content (AvgIpc) is 2.83. The van der Waals surface area contributed by atoms with Crippen molar-refractivity contribution < 1.29 is 4.74 Å². The molecule has 18 heavy (non-hydrogen) atoms. The van der Waals surface area contributed by atoms with E-state index >= 15 is 0 Å². The quantitative estimate of drug-likeness (QED) is 0.869. The Morgan fingerprint density at radius 2 is 2.11 bits per heavy atom. The second-order valence-electron chi connectivity index (χ2n) is 5.31. The summed E-state index contributed by atoms with van der Waals surface area (Å²) in [5, 5.41) is 5.95. The Hall–Kier alpha value is -0.380. The second kappa shape index (κ2) is 6.18. The zero-order valence-corrected chi connectivity index (χ0v) is 12.6. The van der Waals surface area contributed by atoms with Crippen molar-refractivity contribution in [3.8, 4) is 0 Å². The van der Waals surface area contributed by atoms with Crippen molar-refractivity contribution in [3.05, 3.63) is 21.9 Å². The smallest absolute Gasteiger partial charge is 0.0872 e. The topological polar surface area (TPSA) is 21.3 Å². The number of thiophene rings is 1. The zero-order chi connectivity index (χ0) is 13.0. The molecule has 1 aliphatic carbocycles. The maximum Gasteiger partial charge on any atom is 0.0872 e. The maximum absolute atomic E-state index is 6.00. The Bertz CT molecular complexity index is 368. The molecular weight excluding hydrogens is 242 g/mol. The Morgan fingerprint density at radius 1 is 1.39 bits per heavy atom. The number of hydrogen-bond acceptors (Lipinski definition) is 3. The first-order chi connectivity index (χ1) is 8.72. The van der Waals surface area contributed by atoms with Crippen LogP contribution >= 0.6 is 11.3 Å². The fourth-order valence-corrected chi connectivity index (χ4v) is 3.92. The minimum atomic E-state index is 0.00176. The first-order valence-electron chi connectivity index (χ1n) is 7.05. The molecule has 1 saturated carbocycles. The minimum Gasteiger partial charge on any atom is -0.376 e. The molecule has 2 nitrogen and oxygen atoms in total. The lowest BCUT2D eigenvalue weighted by molar-refractivity contribution is -0.0683. The molecule has 0 bridgehead atoms. The summed E-state index contributed by atoms with van der Waals surface area (Å²) in [6, 6.07) is 2.66. The Morgan fingerprint density at radius 3 is 2.61 bits per heavy atom. The van der Waals surface area contributed by atoms with Crippen molar-refractivity contribution in [2.24, 2.45) is 0 Å². The zero-order valence-electron chi connectivity index (χ0n) is 11.8. The van der Waals surface area contributed by atoms with E-state index in [1.54, 1.807) is 0 Å². The normalized spacial score (nSPS) is 20.8. The molecule has 0 aliphatic heterocycles. The van der Waals surface area contributed by atoms with E-state index in [2.05, 4.69) is 30.6 Å². The van der Waals surface area contributed by atoms with Gasteiger partial charge in [0.2, 0.25) is 0 Å². The number of hydrogen-bond donors (Lipinski definition) is 1. The maximum atomic E-state index is 6.00. The molecule has 102 valence electrons. The molecule has 1 heterocycles. The van der Waals surface area contributed by atoms with Gasteiger partial charge in [0.15, 0.2) is 0 Å². The summed E-state index contributed by atoms with van der Waals surface area (Å²) in [5.41, 5.74) is 1.41. The van der Waals surface area contributed by atoms with E-state index in [1.165, 1.54) is 42.5 Å². The first-order valence-corrected chi connectivity index (χ1v) is 7.93. The van der Waals surface area contributed by atoms with E-state index in [0.717, 1.165) is 6.54 Å². The Kier molecular flexibility index (Phi) is 4.82. The Balaban J connectivity index is 2.26. The van der Waals surface area contributed by atoms with Crippen molar-refractivity contribution in [1.82, 2.24) is 5.32 Å². The molecule has 1 N–H and O–H groups in total. The van der Waals surface area contributed by atoms with Crippen LogP contribution in [-0.4, -0.2) is 19.3 Å². The highest BCUT2D eigenvalue weighted by atomic mass is 32.1. The lowest BCUT2D eigenvalue weighted by Gasteiger charge is -2.42. The lowest BCUT2D eigenvalue weighted by Crippen LogP contribution is -2.46. The highest BCUT2D eigenvalue weighted by Gasteiger charge is 2.40. The van der Waals surface area contributed by atoms with Crippen LogP contribution in [0.5, 0.6) is 0 Å². The van der Waals surface area contributed by atoms with Crippen LogP contribution in [0.15, 0.2) is 11.4 Å². The molecule has 0 amide bonds. The molecule has 0 spiro atoms. The van der Waals surface area contributed by atoms with Gasteiger partial charge in [0.25, 0.3) is 0 Å². The Labute approximate surface area is 115 Å². The minimum absolute atomic E-state index is 0.00176. The van der Waals surface area contributed by atoms with Crippen molar-refractivity contribution in [3.63, 3.8) is 0 Å². The van der Waals surface area contributed by atoms with Gasteiger partial charge in [-0.05, 0) is 43.3 Å². The summed E-state index contributed by atoms with van der Waals surface area (Å²) in [7, 11) is 1.88. The molecule has 2 rings (SSSR count). The van der Waals surface area contributed by atoms with Crippen molar-refractivity contribution in [2.75, 3.05) is 13.7 Å². The summed E-state index contributed by atoms with van der Waals surface area (Å²) in [5.74, 6) is 0. The molecule has 0 aromatic carbocycles. The fourth-order valence-electron chi connectivity index (χ4n) is 3.19. The van der Waals surface area contributed by atoms with E-state index in [0.29, 0.717) is 6.04 Å². The molecule has 1 unspecified atom stereocenters.